The summed E-state index contributed by atoms with van der Waals surface area (Å²) in [7, 11) is -3.75. The molecule has 0 saturated carbocycles. The van der Waals surface area contributed by atoms with Gasteiger partial charge in [0.1, 0.15) is 4.90 Å². The predicted octanol–water partition coefficient (Wildman–Crippen LogP) is 1.01. The van der Waals surface area contributed by atoms with Gasteiger partial charge in [-0.25, -0.2) is 13.6 Å². The molecule has 2 atom stereocenters. The van der Waals surface area contributed by atoms with Crippen molar-refractivity contribution in [2.75, 3.05) is 23.7 Å². The second-order valence-corrected chi connectivity index (χ2v) is 6.66. The second-order valence-electron chi connectivity index (χ2n) is 5.13. The van der Waals surface area contributed by atoms with Crippen LogP contribution in [0.15, 0.2) is 23.1 Å². The summed E-state index contributed by atoms with van der Waals surface area (Å²) in [6, 6.07) is 4.87. The average molecular weight is 269 g/mol. The molecule has 0 bridgehead atoms. The van der Waals surface area contributed by atoms with E-state index in [4.69, 9.17) is 10.9 Å². The van der Waals surface area contributed by atoms with Crippen LogP contribution in [0.5, 0.6) is 0 Å². The van der Waals surface area contributed by atoms with Gasteiger partial charge in [-0.05, 0) is 30.0 Å². The molecule has 1 aliphatic heterocycles. The summed E-state index contributed by atoms with van der Waals surface area (Å²) in [5.74, 6) is 1.08. The molecular weight excluding hydrogens is 250 g/mol. The summed E-state index contributed by atoms with van der Waals surface area (Å²) in [4.78, 5) is 2.18. The molecule has 2 rings (SSSR count). The quantitative estimate of drug-likeness (QED) is 0.784. The van der Waals surface area contributed by atoms with E-state index in [1.54, 1.807) is 12.1 Å². The third-order valence-corrected chi connectivity index (χ3v) is 4.56. The Labute approximate surface area is 108 Å². The lowest BCUT2D eigenvalue weighted by molar-refractivity contribution is 0.494. The number of nitrogens with two attached hydrogens (primary N) is 2. The fraction of sp³-hybridized carbons (Fsp3) is 0.500. The Kier molecular flexibility index (Phi) is 3.25. The maximum Gasteiger partial charge on any atom is 0.240 e. The van der Waals surface area contributed by atoms with E-state index in [9.17, 15) is 8.42 Å². The van der Waals surface area contributed by atoms with Crippen molar-refractivity contribution in [1.82, 2.24) is 0 Å². The van der Waals surface area contributed by atoms with Crippen LogP contribution in [-0.4, -0.2) is 21.5 Å². The Balaban J connectivity index is 2.46. The van der Waals surface area contributed by atoms with Crippen LogP contribution in [0.2, 0.25) is 0 Å². The van der Waals surface area contributed by atoms with Crippen LogP contribution in [0.3, 0.4) is 0 Å². The number of rotatable bonds is 2. The van der Waals surface area contributed by atoms with Gasteiger partial charge in [0.2, 0.25) is 10.0 Å². The molecule has 0 amide bonds. The van der Waals surface area contributed by atoms with Gasteiger partial charge in [0.15, 0.2) is 0 Å². The van der Waals surface area contributed by atoms with E-state index in [1.807, 2.05) is 0 Å². The zero-order chi connectivity index (χ0) is 13.5. The molecule has 1 fully saturated rings. The van der Waals surface area contributed by atoms with Gasteiger partial charge in [0.05, 0.1) is 5.69 Å². The number of hydrogen-bond acceptors (Lipinski definition) is 4. The fourth-order valence-electron chi connectivity index (χ4n) is 2.35. The molecule has 1 aromatic rings. The fourth-order valence-corrected chi connectivity index (χ4v) is 3.14. The zero-order valence-corrected chi connectivity index (χ0v) is 11.4. The van der Waals surface area contributed by atoms with Crippen molar-refractivity contribution in [3.8, 4) is 0 Å². The lowest BCUT2D eigenvalue weighted by Crippen LogP contribution is -2.24. The summed E-state index contributed by atoms with van der Waals surface area (Å²) >= 11 is 0. The van der Waals surface area contributed by atoms with Gasteiger partial charge in [0.25, 0.3) is 0 Å². The van der Waals surface area contributed by atoms with Crippen molar-refractivity contribution >= 4 is 21.4 Å². The van der Waals surface area contributed by atoms with E-state index in [2.05, 4.69) is 18.7 Å². The van der Waals surface area contributed by atoms with Crippen molar-refractivity contribution in [3.05, 3.63) is 18.2 Å². The number of anilines is 2. The van der Waals surface area contributed by atoms with E-state index in [0.717, 1.165) is 13.1 Å². The Bertz CT molecular complexity index is 546. The minimum Gasteiger partial charge on any atom is -0.399 e. The van der Waals surface area contributed by atoms with Gasteiger partial charge in [-0.2, -0.15) is 0 Å². The van der Waals surface area contributed by atoms with Crippen molar-refractivity contribution < 1.29 is 8.42 Å². The largest absolute Gasteiger partial charge is 0.399 e. The molecule has 0 radical (unpaired) electrons. The Morgan fingerprint density at radius 2 is 1.78 bits per heavy atom. The standard InChI is InChI=1S/C12H19N3O2S/c1-8-6-15(7-9(8)2)11-4-3-10(13)5-12(11)18(14,16)17/h3-5,8-9H,6-7,13H2,1-2H3,(H2,14,16,17). The molecule has 1 heterocycles. The molecule has 1 aliphatic rings. The Morgan fingerprint density at radius 3 is 2.28 bits per heavy atom. The highest BCUT2D eigenvalue weighted by molar-refractivity contribution is 7.89. The highest BCUT2D eigenvalue weighted by Crippen LogP contribution is 2.32. The molecule has 1 aromatic carbocycles. The minimum atomic E-state index is -3.75. The molecule has 2 unspecified atom stereocenters. The van der Waals surface area contributed by atoms with E-state index in [0.29, 0.717) is 23.2 Å². The smallest absolute Gasteiger partial charge is 0.240 e. The number of hydrogen-bond donors (Lipinski definition) is 2. The van der Waals surface area contributed by atoms with E-state index in [-0.39, 0.29) is 4.90 Å². The summed E-state index contributed by atoms with van der Waals surface area (Å²) < 4.78 is 23.2. The first kappa shape index (κ1) is 13.2. The Hall–Kier alpha value is -1.27. The van der Waals surface area contributed by atoms with Crippen molar-refractivity contribution in [2.45, 2.75) is 18.7 Å². The van der Waals surface area contributed by atoms with Crippen LogP contribution in [0.1, 0.15) is 13.8 Å². The number of nitrogens with zero attached hydrogens (tertiary/aromatic N) is 1. The third-order valence-electron chi connectivity index (χ3n) is 3.62. The van der Waals surface area contributed by atoms with Gasteiger partial charge >= 0.3 is 0 Å². The highest BCUT2D eigenvalue weighted by Gasteiger charge is 2.29. The van der Waals surface area contributed by atoms with Crippen molar-refractivity contribution in [1.29, 1.82) is 0 Å². The van der Waals surface area contributed by atoms with Gasteiger partial charge in [-0.15, -0.1) is 0 Å². The number of benzene rings is 1. The van der Waals surface area contributed by atoms with E-state index in [1.165, 1.54) is 6.07 Å². The maximum atomic E-state index is 11.6. The molecule has 0 spiro atoms. The second kappa shape index (κ2) is 4.44. The molecule has 0 aromatic heterocycles. The van der Waals surface area contributed by atoms with Crippen LogP contribution >= 0.6 is 0 Å². The molecule has 5 nitrogen and oxygen atoms in total. The van der Waals surface area contributed by atoms with Gasteiger partial charge in [-0.1, -0.05) is 13.8 Å². The van der Waals surface area contributed by atoms with Gasteiger partial charge in [0, 0.05) is 18.8 Å². The first-order valence-corrected chi connectivity index (χ1v) is 7.51. The van der Waals surface area contributed by atoms with Crippen LogP contribution in [0.25, 0.3) is 0 Å². The van der Waals surface area contributed by atoms with Crippen LogP contribution in [0.4, 0.5) is 11.4 Å². The maximum absolute atomic E-state index is 11.6. The normalized spacial score (nSPS) is 24.5. The summed E-state index contributed by atoms with van der Waals surface area (Å²) in [6.07, 6.45) is 0. The first-order valence-electron chi connectivity index (χ1n) is 5.96. The average Bonchev–Trinajstić information content (AvgIpc) is 2.57. The highest BCUT2D eigenvalue weighted by atomic mass is 32.2. The van der Waals surface area contributed by atoms with E-state index < -0.39 is 10.0 Å². The van der Waals surface area contributed by atoms with Gasteiger partial charge < -0.3 is 10.6 Å². The molecule has 18 heavy (non-hydrogen) atoms. The third kappa shape index (κ3) is 2.44. The van der Waals surface area contributed by atoms with Crippen LogP contribution in [0, 0.1) is 11.8 Å². The number of nitrogen functional groups attached to an aromatic ring is 1. The van der Waals surface area contributed by atoms with Crippen molar-refractivity contribution in [2.24, 2.45) is 17.0 Å². The molecule has 4 N–H and O–H groups in total. The lowest BCUT2D eigenvalue weighted by atomic mass is 10.0. The topological polar surface area (TPSA) is 89.4 Å². The van der Waals surface area contributed by atoms with Crippen LogP contribution in [-0.2, 0) is 10.0 Å². The van der Waals surface area contributed by atoms with Crippen molar-refractivity contribution in [3.63, 3.8) is 0 Å². The molecular formula is C12H19N3O2S. The number of sulfonamides is 1. The predicted molar refractivity (Wildman–Crippen MR) is 72.8 cm³/mol. The SMILES string of the molecule is CC1CN(c2ccc(N)cc2S(N)(=O)=O)CC1C. The minimum absolute atomic E-state index is 0.115. The molecule has 100 valence electrons. The zero-order valence-electron chi connectivity index (χ0n) is 10.6. The van der Waals surface area contributed by atoms with Gasteiger partial charge in [-0.3, -0.25) is 0 Å². The van der Waals surface area contributed by atoms with E-state index >= 15 is 0 Å². The van der Waals surface area contributed by atoms with Crippen LogP contribution < -0.4 is 15.8 Å². The summed E-state index contributed by atoms with van der Waals surface area (Å²) in [5, 5.41) is 5.25. The lowest BCUT2D eigenvalue weighted by Gasteiger charge is -2.21. The monoisotopic (exact) mass is 269 g/mol. The molecule has 1 saturated heterocycles. The molecule has 0 aliphatic carbocycles. The number of primary sulfonamides is 1. The molecule has 6 heteroatoms. The Morgan fingerprint density at radius 1 is 1.22 bits per heavy atom. The summed E-state index contributed by atoms with van der Waals surface area (Å²) in [6.45, 7) is 6.01. The first-order chi connectivity index (χ1) is 8.29. The summed E-state index contributed by atoms with van der Waals surface area (Å²) in [5.41, 5.74) is 6.70.